The minimum atomic E-state index is -0.262. The molecule has 0 aromatic carbocycles. The summed E-state index contributed by atoms with van der Waals surface area (Å²) in [5, 5.41) is 7.59. The quantitative estimate of drug-likeness (QED) is 0.774. The molecule has 0 radical (unpaired) electrons. The minimum absolute atomic E-state index is 0.0166. The second-order valence-electron chi connectivity index (χ2n) is 4.37. The van der Waals surface area contributed by atoms with Crippen LogP contribution < -0.4 is 9.47 Å². The molecule has 104 valence electrons. The standard InChI is InChI=1S/C14H15N3O3/c1-9(2)20-11-6-10(7-15-8-11)14(18)12-4-5-13(19-3)17-16-12/h4-9H,1-3H3. The Labute approximate surface area is 116 Å². The molecule has 2 rings (SSSR count). The van der Waals surface area contributed by atoms with E-state index in [-0.39, 0.29) is 17.6 Å². The Bertz CT molecular complexity index is 597. The summed E-state index contributed by atoms with van der Waals surface area (Å²) in [6.07, 6.45) is 3.06. The van der Waals surface area contributed by atoms with Gasteiger partial charge in [-0.15, -0.1) is 10.2 Å². The number of carbonyl (C=O) groups excluding carboxylic acids is 1. The molecule has 0 saturated heterocycles. The monoisotopic (exact) mass is 273 g/mol. The van der Waals surface area contributed by atoms with E-state index < -0.39 is 0 Å². The molecule has 0 aliphatic carbocycles. The van der Waals surface area contributed by atoms with E-state index in [0.29, 0.717) is 17.2 Å². The van der Waals surface area contributed by atoms with Crippen LogP contribution in [0.5, 0.6) is 11.6 Å². The summed E-state index contributed by atoms with van der Waals surface area (Å²) in [6.45, 7) is 3.81. The topological polar surface area (TPSA) is 74.2 Å². The van der Waals surface area contributed by atoms with E-state index in [1.165, 1.54) is 13.3 Å². The normalized spacial score (nSPS) is 10.4. The van der Waals surface area contributed by atoms with Crippen LogP contribution in [0.3, 0.4) is 0 Å². The van der Waals surface area contributed by atoms with Crippen LogP contribution in [0.25, 0.3) is 0 Å². The highest BCUT2D eigenvalue weighted by Gasteiger charge is 2.13. The molecule has 0 unspecified atom stereocenters. The van der Waals surface area contributed by atoms with Gasteiger partial charge in [0.15, 0.2) is 0 Å². The Morgan fingerprint density at radius 1 is 1.20 bits per heavy atom. The van der Waals surface area contributed by atoms with Gasteiger partial charge in [0.2, 0.25) is 11.7 Å². The highest BCUT2D eigenvalue weighted by Crippen LogP contribution is 2.16. The predicted octanol–water partition coefficient (Wildman–Crippen LogP) is 1.90. The fourth-order valence-corrected chi connectivity index (χ4v) is 1.58. The van der Waals surface area contributed by atoms with Crippen LogP contribution in [0.4, 0.5) is 0 Å². The van der Waals surface area contributed by atoms with Crippen LogP contribution in [0.1, 0.15) is 29.9 Å². The van der Waals surface area contributed by atoms with Gasteiger partial charge in [0.05, 0.1) is 19.4 Å². The van der Waals surface area contributed by atoms with E-state index in [1.54, 1.807) is 24.4 Å². The summed E-state index contributed by atoms with van der Waals surface area (Å²) in [6, 6.07) is 4.79. The van der Waals surface area contributed by atoms with Crippen molar-refractivity contribution in [3.8, 4) is 11.6 Å². The van der Waals surface area contributed by atoms with E-state index >= 15 is 0 Å². The lowest BCUT2D eigenvalue weighted by atomic mass is 10.1. The molecule has 0 aliphatic rings. The van der Waals surface area contributed by atoms with Crippen molar-refractivity contribution in [1.82, 2.24) is 15.2 Å². The van der Waals surface area contributed by atoms with Crippen LogP contribution in [-0.4, -0.2) is 34.2 Å². The van der Waals surface area contributed by atoms with Crippen molar-refractivity contribution in [2.75, 3.05) is 7.11 Å². The van der Waals surface area contributed by atoms with Crippen molar-refractivity contribution >= 4 is 5.78 Å². The maximum atomic E-state index is 12.2. The number of hydrogen-bond acceptors (Lipinski definition) is 6. The minimum Gasteiger partial charge on any atom is -0.489 e. The number of carbonyl (C=O) groups is 1. The van der Waals surface area contributed by atoms with Crippen LogP contribution in [0.15, 0.2) is 30.6 Å². The van der Waals surface area contributed by atoms with Crippen molar-refractivity contribution in [2.45, 2.75) is 20.0 Å². The summed E-state index contributed by atoms with van der Waals surface area (Å²) in [5.41, 5.74) is 0.636. The van der Waals surface area contributed by atoms with Crippen molar-refractivity contribution in [1.29, 1.82) is 0 Å². The number of ether oxygens (including phenoxy) is 2. The van der Waals surface area contributed by atoms with E-state index in [2.05, 4.69) is 15.2 Å². The lowest BCUT2D eigenvalue weighted by molar-refractivity contribution is 0.103. The van der Waals surface area contributed by atoms with Gasteiger partial charge in [-0.2, -0.15) is 0 Å². The third-order valence-corrected chi connectivity index (χ3v) is 2.43. The summed E-state index contributed by atoms with van der Waals surface area (Å²) < 4.78 is 10.4. The van der Waals surface area contributed by atoms with Crippen molar-refractivity contribution < 1.29 is 14.3 Å². The zero-order valence-corrected chi connectivity index (χ0v) is 11.5. The molecule has 0 atom stereocenters. The largest absolute Gasteiger partial charge is 0.489 e. The average molecular weight is 273 g/mol. The molecule has 6 nitrogen and oxygen atoms in total. The van der Waals surface area contributed by atoms with E-state index in [4.69, 9.17) is 9.47 Å². The maximum absolute atomic E-state index is 12.2. The summed E-state index contributed by atoms with van der Waals surface area (Å²) in [4.78, 5) is 16.2. The number of pyridine rings is 1. The molecule has 0 saturated carbocycles. The van der Waals surface area contributed by atoms with Gasteiger partial charge in [-0.3, -0.25) is 9.78 Å². The Kier molecular flexibility index (Phi) is 4.24. The third kappa shape index (κ3) is 3.28. The molecular weight excluding hydrogens is 258 g/mol. The maximum Gasteiger partial charge on any atom is 0.233 e. The molecular formula is C14H15N3O3. The van der Waals surface area contributed by atoms with Gasteiger partial charge in [-0.05, 0) is 26.0 Å². The van der Waals surface area contributed by atoms with Crippen molar-refractivity contribution in [3.63, 3.8) is 0 Å². The van der Waals surface area contributed by atoms with Gasteiger partial charge in [0.25, 0.3) is 0 Å². The third-order valence-electron chi connectivity index (χ3n) is 2.43. The van der Waals surface area contributed by atoms with Gasteiger partial charge in [0, 0.05) is 17.8 Å². The van der Waals surface area contributed by atoms with Crippen LogP contribution in [-0.2, 0) is 0 Å². The van der Waals surface area contributed by atoms with E-state index in [0.717, 1.165) is 0 Å². The molecule has 0 aliphatic heterocycles. The Hall–Kier alpha value is -2.50. The Morgan fingerprint density at radius 2 is 2.00 bits per heavy atom. The molecule has 0 N–H and O–H groups in total. The first kappa shape index (κ1) is 13.9. The SMILES string of the molecule is COc1ccc(C(=O)c2cncc(OC(C)C)c2)nn1. The van der Waals surface area contributed by atoms with E-state index in [9.17, 15) is 4.79 Å². The number of aromatic nitrogens is 3. The second-order valence-corrected chi connectivity index (χ2v) is 4.37. The van der Waals surface area contributed by atoms with E-state index in [1.807, 2.05) is 13.8 Å². The fourth-order valence-electron chi connectivity index (χ4n) is 1.58. The van der Waals surface area contributed by atoms with Crippen molar-refractivity contribution in [2.24, 2.45) is 0 Å². The first-order chi connectivity index (χ1) is 9.60. The number of methoxy groups -OCH3 is 1. The average Bonchev–Trinajstić information content (AvgIpc) is 2.46. The summed E-state index contributed by atoms with van der Waals surface area (Å²) in [7, 11) is 1.49. The zero-order chi connectivity index (χ0) is 14.5. The zero-order valence-electron chi connectivity index (χ0n) is 11.5. The molecule has 2 aromatic rings. The van der Waals surface area contributed by atoms with Gasteiger partial charge >= 0.3 is 0 Å². The second kappa shape index (κ2) is 6.10. The molecule has 0 fully saturated rings. The highest BCUT2D eigenvalue weighted by atomic mass is 16.5. The fraction of sp³-hybridized carbons (Fsp3) is 0.286. The van der Waals surface area contributed by atoms with Gasteiger partial charge in [-0.1, -0.05) is 0 Å². The van der Waals surface area contributed by atoms with Crippen molar-refractivity contribution in [3.05, 3.63) is 41.9 Å². The smallest absolute Gasteiger partial charge is 0.233 e. The molecule has 0 spiro atoms. The van der Waals surface area contributed by atoms with Crippen LogP contribution in [0, 0.1) is 0 Å². The molecule has 0 amide bonds. The first-order valence-electron chi connectivity index (χ1n) is 6.14. The lowest BCUT2D eigenvalue weighted by Crippen LogP contribution is -2.09. The number of ketones is 1. The van der Waals surface area contributed by atoms with Gasteiger partial charge in [0.1, 0.15) is 11.4 Å². The number of nitrogens with zero attached hydrogens (tertiary/aromatic N) is 3. The lowest BCUT2D eigenvalue weighted by Gasteiger charge is -2.09. The summed E-state index contributed by atoms with van der Waals surface area (Å²) >= 11 is 0. The van der Waals surface area contributed by atoms with Gasteiger partial charge < -0.3 is 9.47 Å². The Morgan fingerprint density at radius 3 is 2.60 bits per heavy atom. The van der Waals surface area contributed by atoms with Gasteiger partial charge in [-0.25, -0.2) is 0 Å². The first-order valence-corrected chi connectivity index (χ1v) is 6.14. The Balaban J connectivity index is 2.23. The number of rotatable bonds is 5. The molecule has 2 aromatic heterocycles. The molecule has 2 heterocycles. The molecule has 0 bridgehead atoms. The van der Waals surface area contributed by atoms with Crippen LogP contribution >= 0.6 is 0 Å². The molecule has 6 heteroatoms. The number of hydrogen-bond donors (Lipinski definition) is 0. The summed E-state index contributed by atoms with van der Waals surface area (Å²) in [5.74, 6) is 0.644. The van der Waals surface area contributed by atoms with Crippen LogP contribution in [0.2, 0.25) is 0 Å². The highest BCUT2D eigenvalue weighted by molar-refractivity contribution is 6.07. The molecule has 20 heavy (non-hydrogen) atoms. The predicted molar refractivity (Wildman–Crippen MR) is 72.0 cm³/mol.